The number of amides is 2. The number of anilines is 1. The molecule has 1 aliphatic rings. The van der Waals surface area contributed by atoms with E-state index in [2.05, 4.69) is 20.6 Å². The lowest BCUT2D eigenvalue weighted by Crippen LogP contribution is -2.39. The Balaban J connectivity index is 1.47. The molecule has 7 nitrogen and oxygen atoms in total. The topological polar surface area (TPSA) is 93.2 Å². The van der Waals surface area contributed by atoms with Gasteiger partial charge in [-0.2, -0.15) is 0 Å². The molecule has 0 radical (unpaired) electrons. The molecule has 8 heteroatoms. The Hall–Kier alpha value is -3.03. The summed E-state index contributed by atoms with van der Waals surface area (Å²) in [7, 11) is 0. The Labute approximate surface area is 156 Å². The fourth-order valence-corrected chi connectivity index (χ4v) is 2.89. The van der Waals surface area contributed by atoms with Gasteiger partial charge in [0.2, 0.25) is 0 Å². The van der Waals surface area contributed by atoms with E-state index < -0.39 is 5.91 Å². The average molecular weight is 372 g/mol. The molecule has 0 aliphatic heterocycles. The van der Waals surface area contributed by atoms with Crippen molar-refractivity contribution in [1.82, 2.24) is 15.3 Å². The molecule has 142 valence electrons. The predicted molar refractivity (Wildman–Crippen MR) is 96.9 cm³/mol. The minimum atomic E-state index is -0.428. The highest BCUT2D eigenvalue weighted by Crippen LogP contribution is 2.17. The Morgan fingerprint density at radius 3 is 2.41 bits per heavy atom. The van der Waals surface area contributed by atoms with Gasteiger partial charge < -0.3 is 15.4 Å². The van der Waals surface area contributed by atoms with Crippen LogP contribution in [0.1, 0.15) is 42.5 Å². The van der Waals surface area contributed by atoms with E-state index in [4.69, 9.17) is 4.74 Å². The van der Waals surface area contributed by atoms with Gasteiger partial charge in [0.15, 0.2) is 6.61 Å². The van der Waals surface area contributed by atoms with Crippen LogP contribution in [0.3, 0.4) is 0 Å². The number of hydrogen-bond donors (Lipinski definition) is 2. The first-order valence-electron chi connectivity index (χ1n) is 8.91. The molecule has 0 atom stereocenters. The fraction of sp³-hybridized carbons (Fsp3) is 0.368. The molecule has 3 rings (SSSR count). The zero-order chi connectivity index (χ0) is 19.1. The number of carbonyl (C=O) groups excluding carboxylic acids is 2. The molecule has 2 amide bonds. The molecule has 1 heterocycles. The molecule has 0 unspecified atom stereocenters. The number of carbonyl (C=O) groups is 2. The largest absolute Gasteiger partial charge is 0.453 e. The summed E-state index contributed by atoms with van der Waals surface area (Å²) in [6.45, 7) is -0.169. The summed E-state index contributed by atoms with van der Waals surface area (Å²) in [5, 5.41) is 5.55. The van der Waals surface area contributed by atoms with E-state index in [-0.39, 0.29) is 35.9 Å². The van der Waals surface area contributed by atoms with Gasteiger partial charge in [0.05, 0.1) is 5.56 Å². The standard InChI is InChI=1S/C19H21FN4O3/c20-14-6-8-16(9-7-14)24-18(26)13-10-21-19(22-11-13)27-12-17(25)23-15-4-2-1-3-5-15/h6-11,15H,1-5,12H2,(H,23,25)(H,24,26). The van der Waals surface area contributed by atoms with E-state index in [0.29, 0.717) is 5.69 Å². The van der Waals surface area contributed by atoms with Crippen molar-refractivity contribution < 1.29 is 18.7 Å². The monoisotopic (exact) mass is 372 g/mol. The molecule has 1 saturated carbocycles. The van der Waals surface area contributed by atoms with Crippen LogP contribution in [0.5, 0.6) is 6.01 Å². The number of ether oxygens (including phenoxy) is 1. The molecule has 1 aliphatic carbocycles. The third-order valence-corrected chi connectivity index (χ3v) is 4.30. The van der Waals surface area contributed by atoms with E-state index in [1.165, 1.54) is 43.1 Å². The maximum atomic E-state index is 12.9. The van der Waals surface area contributed by atoms with Gasteiger partial charge in [-0.3, -0.25) is 9.59 Å². The first-order chi connectivity index (χ1) is 13.1. The molecule has 0 spiro atoms. The second-order valence-corrected chi connectivity index (χ2v) is 6.41. The maximum absolute atomic E-state index is 12.9. The molecule has 2 N–H and O–H groups in total. The van der Waals surface area contributed by atoms with E-state index in [1.54, 1.807) is 0 Å². The number of nitrogens with one attached hydrogen (secondary N) is 2. The van der Waals surface area contributed by atoms with Crippen LogP contribution in [0.4, 0.5) is 10.1 Å². The fourth-order valence-electron chi connectivity index (χ4n) is 2.89. The quantitative estimate of drug-likeness (QED) is 0.813. The zero-order valence-corrected chi connectivity index (χ0v) is 14.8. The molecule has 0 saturated heterocycles. The summed E-state index contributed by atoms with van der Waals surface area (Å²) in [5.74, 6) is -1.02. The first kappa shape index (κ1) is 18.8. The van der Waals surface area contributed by atoms with Crippen molar-refractivity contribution in [2.24, 2.45) is 0 Å². The van der Waals surface area contributed by atoms with Gasteiger partial charge >= 0.3 is 6.01 Å². The van der Waals surface area contributed by atoms with E-state index in [0.717, 1.165) is 25.7 Å². The van der Waals surface area contributed by atoms with Crippen LogP contribution in [0.15, 0.2) is 36.7 Å². The Morgan fingerprint density at radius 2 is 1.74 bits per heavy atom. The van der Waals surface area contributed by atoms with Crippen molar-refractivity contribution in [1.29, 1.82) is 0 Å². The molecule has 27 heavy (non-hydrogen) atoms. The molecule has 2 aromatic rings. The van der Waals surface area contributed by atoms with Crippen LogP contribution in [0.25, 0.3) is 0 Å². The number of benzene rings is 1. The van der Waals surface area contributed by atoms with Crippen molar-refractivity contribution in [3.05, 3.63) is 48.0 Å². The van der Waals surface area contributed by atoms with Gasteiger partial charge in [0, 0.05) is 24.1 Å². The van der Waals surface area contributed by atoms with Crippen molar-refractivity contribution in [3.63, 3.8) is 0 Å². The molecular weight excluding hydrogens is 351 g/mol. The summed E-state index contributed by atoms with van der Waals surface area (Å²) >= 11 is 0. The van der Waals surface area contributed by atoms with Crippen molar-refractivity contribution in [2.45, 2.75) is 38.1 Å². The second kappa shape index (κ2) is 9.07. The Morgan fingerprint density at radius 1 is 1.07 bits per heavy atom. The number of aromatic nitrogens is 2. The highest BCUT2D eigenvalue weighted by atomic mass is 19.1. The normalized spacial score (nSPS) is 14.4. The number of rotatable bonds is 6. The summed E-state index contributed by atoms with van der Waals surface area (Å²) in [5.41, 5.74) is 0.680. The lowest BCUT2D eigenvalue weighted by Gasteiger charge is -2.22. The SMILES string of the molecule is O=C(COc1ncc(C(=O)Nc2ccc(F)cc2)cn1)NC1CCCCC1. The smallest absolute Gasteiger partial charge is 0.316 e. The predicted octanol–water partition coefficient (Wildman–Crippen LogP) is 2.70. The van der Waals surface area contributed by atoms with Crippen LogP contribution in [-0.4, -0.2) is 34.4 Å². The second-order valence-electron chi connectivity index (χ2n) is 6.41. The van der Waals surface area contributed by atoms with Crippen LogP contribution < -0.4 is 15.4 Å². The van der Waals surface area contributed by atoms with Crippen LogP contribution in [-0.2, 0) is 4.79 Å². The summed E-state index contributed by atoms with van der Waals surface area (Å²) in [6, 6.07) is 5.65. The lowest BCUT2D eigenvalue weighted by molar-refractivity contribution is -0.124. The van der Waals surface area contributed by atoms with E-state index >= 15 is 0 Å². The summed E-state index contributed by atoms with van der Waals surface area (Å²) in [4.78, 5) is 31.9. The highest BCUT2D eigenvalue weighted by Gasteiger charge is 2.16. The Kier molecular flexibility index (Phi) is 6.30. The number of halogens is 1. The minimum absolute atomic E-state index is 0.0205. The zero-order valence-electron chi connectivity index (χ0n) is 14.8. The van der Waals surface area contributed by atoms with Gasteiger partial charge in [-0.05, 0) is 37.1 Å². The third kappa shape index (κ3) is 5.73. The van der Waals surface area contributed by atoms with E-state index in [9.17, 15) is 14.0 Å². The van der Waals surface area contributed by atoms with Crippen molar-refractivity contribution in [2.75, 3.05) is 11.9 Å². The average Bonchev–Trinajstić information content (AvgIpc) is 2.69. The minimum Gasteiger partial charge on any atom is -0.453 e. The van der Waals surface area contributed by atoms with E-state index in [1.807, 2.05) is 0 Å². The van der Waals surface area contributed by atoms with Crippen LogP contribution in [0.2, 0.25) is 0 Å². The Bertz CT molecular complexity index is 775. The van der Waals surface area contributed by atoms with Gasteiger partial charge in [0.1, 0.15) is 5.82 Å². The molecule has 1 aromatic heterocycles. The number of nitrogens with zero attached hydrogens (tertiary/aromatic N) is 2. The highest BCUT2D eigenvalue weighted by molar-refractivity contribution is 6.03. The van der Waals surface area contributed by atoms with Gasteiger partial charge in [-0.15, -0.1) is 0 Å². The lowest BCUT2D eigenvalue weighted by atomic mass is 9.95. The van der Waals surface area contributed by atoms with Crippen LogP contribution in [0, 0.1) is 5.82 Å². The van der Waals surface area contributed by atoms with Gasteiger partial charge in [-0.1, -0.05) is 19.3 Å². The maximum Gasteiger partial charge on any atom is 0.316 e. The van der Waals surface area contributed by atoms with Gasteiger partial charge in [0.25, 0.3) is 11.8 Å². The number of hydrogen-bond acceptors (Lipinski definition) is 5. The molecule has 1 aromatic carbocycles. The summed E-state index contributed by atoms with van der Waals surface area (Å²) < 4.78 is 18.1. The van der Waals surface area contributed by atoms with Gasteiger partial charge in [-0.25, -0.2) is 14.4 Å². The molecular formula is C19H21FN4O3. The summed E-state index contributed by atoms with van der Waals surface area (Å²) in [6.07, 6.45) is 8.10. The molecule has 1 fully saturated rings. The third-order valence-electron chi connectivity index (χ3n) is 4.30. The molecule has 0 bridgehead atoms. The first-order valence-corrected chi connectivity index (χ1v) is 8.91. The van der Waals surface area contributed by atoms with Crippen LogP contribution >= 0.6 is 0 Å². The van der Waals surface area contributed by atoms with Crippen molar-refractivity contribution in [3.8, 4) is 6.01 Å². The van der Waals surface area contributed by atoms with Crippen molar-refractivity contribution >= 4 is 17.5 Å².